The molecule has 190 valence electrons. The van der Waals surface area contributed by atoms with E-state index in [0.717, 1.165) is 34.4 Å². The monoisotopic (exact) mass is 612 g/mol. The highest BCUT2D eigenvalue weighted by atomic mass is 79.9. The van der Waals surface area contributed by atoms with E-state index in [1.54, 1.807) is 11.9 Å². The summed E-state index contributed by atoms with van der Waals surface area (Å²) in [7, 11) is -0.933. The number of carbonyl (C=O) groups excluding carboxylic acids is 1. The number of nitrogens with zero attached hydrogens (tertiary/aromatic N) is 3. The Kier molecular flexibility index (Phi) is 8.11. The van der Waals surface area contributed by atoms with Gasteiger partial charge in [0.15, 0.2) is 0 Å². The Morgan fingerprint density at radius 1 is 1.11 bits per heavy atom. The van der Waals surface area contributed by atoms with E-state index in [2.05, 4.69) is 26.2 Å². The molecule has 1 N–H and O–H groups in total. The lowest BCUT2D eigenvalue weighted by atomic mass is 10.1. The number of amidine groups is 1. The highest BCUT2D eigenvalue weighted by Gasteiger charge is 2.28. The number of halogens is 3. The van der Waals surface area contributed by atoms with E-state index < -0.39 is 10.0 Å². The lowest BCUT2D eigenvalue weighted by Crippen LogP contribution is -2.27. The van der Waals surface area contributed by atoms with Gasteiger partial charge in [-0.1, -0.05) is 63.4 Å². The maximum Gasteiger partial charge on any atom is 0.257 e. The zero-order valence-electron chi connectivity index (χ0n) is 19.5. The van der Waals surface area contributed by atoms with E-state index in [0.29, 0.717) is 22.3 Å². The number of aliphatic imine (C=N–C) groups is 1. The van der Waals surface area contributed by atoms with Gasteiger partial charge in [0.1, 0.15) is 22.8 Å². The van der Waals surface area contributed by atoms with Gasteiger partial charge in [0.2, 0.25) is 10.0 Å². The number of rotatable bonds is 8. The van der Waals surface area contributed by atoms with Crippen molar-refractivity contribution in [1.29, 1.82) is 0 Å². The molecular formula is C24H23BrCl2N4O4S. The quantitative estimate of drug-likeness (QED) is 0.394. The number of benzene rings is 2. The lowest BCUT2D eigenvalue weighted by molar-refractivity contribution is 0.0784. The Labute approximate surface area is 228 Å². The fourth-order valence-corrected chi connectivity index (χ4v) is 6.75. The zero-order valence-corrected chi connectivity index (χ0v) is 23.4. The molecule has 3 aromatic rings. The Morgan fingerprint density at radius 3 is 2.39 bits per heavy atom. The van der Waals surface area contributed by atoms with E-state index in [9.17, 15) is 13.2 Å². The predicted octanol–water partition coefficient (Wildman–Crippen LogP) is 4.79. The average Bonchev–Trinajstić information content (AvgIpc) is 3.51. The van der Waals surface area contributed by atoms with Crippen LogP contribution >= 0.6 is 39.1 Å². The van der Waals surface area contributed by atoms with Crippen molar-refractivity contribution in [3.63, 3.8) is 0 Å². The van der Waals surface area contributed by atoms with E-state index >= 15 is 0 Å². The average molecular weight is 614 g/mol. The lowest BCUT2D eigenvalue weighted by Gasteiger charge is -2.18. The maximum atomic E-state index is 13.1. The van der Waals surface area contributed by atoms with Gasteiger partial charge in [0.05, 0.1) is 28.7 Å². The molecule has 1 aromatic heterocycles. The SMILES string of the molecule is CN(Cc1ccc(C2=NCCN2)cc1)C(=O)c1coc(CN(C)S(=O)(=O)c2c(Cl)cc(Br)cc2Cl)c1. The summed E-state index contributed by atoms with van der Waals surface area (Å²) in [5.74, 6) is 0.936. The van der Waals surface area contributed by atoms with Crippen LogP contribution < -0.4 is 5.32 Å². The minimum atomic E-state index is -4.01. The number of nitrogens with one attached hydrogen (secondary N) is 1. The normalized spacial score (nSPS) is 13.6. The molecule has 8 nitrogen and oxygen atoms in total. The standard InChI is InChI=1S/C24H23BrCl2N4O4S/c1-30(12-15-3-5-16(6-4-15)23-28-7-8-29-23)24(32)17-9-19(35-14-17)13-31(2)36(33,34)22-20(26)10-18(25)11-21(22)27/h3-6,9-11,14H,7-8,12-13H2,1-2H3,(H,28,29). The molecule has 1 aliphatic heterocycles. The molecule has 0 spiro atoms. The molecule has 0 atom stereocenters. The summed E-state index contributed by atoms with van der Waals surface area (Å²) in [5.41, 5.74) is 2.29. The van der Waals surface area contributed by atoms with Gasteiger partial charge < -0.3 is 14.6 Å². The Bertz CT molecular complexity index is 1400. The first-order valence-corrected chi connectivity index (χ1v) is 13.9. The summed E-state index contributed by atoms with van der Waals surface area (Å²) in [5, 5.41) is 3.23. The smallest absolute Gasteiger partial charge is 0.257 e. The van der Waals surface area contributed by atoms with Crippen molar-refractivity contribution in [3.05, 3.63) is 85.7 Å². The summed E-state index contributed by atoms with van der Waals surface area (Å²) < 4.78 is 33.2. The predicted molar refractivity (Wildman–Crippen MR) is 143 cm³/mol. The molecule has 2 heterocycles. The summed E-state index contributed by atoms with van der Waals surface area (Å²) in [6.07, 6.45) is 1.32. The third kappa shape index (κ3) is 5.78. The molecule has 0 bridgehead atoms. The fraction of sp³-hybridized carbons (Fsp3) is 0.250. The minimum absolute atomic E-state index is 0.00122. The molecule has 1 aliphatic rings. The van der Waals surface area contributed by atoms with Gasteiger partial charge in [0, 0.05) is 37.2 Å². The van der Waals surface area contributed by atoms with Crippen LogP contribution in [0.2, 0.25) is 10.0 Å². The first kappa shape index (κ1) is 26.7. The minimum Gasteiger partial charge on any atom is -0.467 e. The van der Waals surface area contributed by atoms with Crippen LogP contribution in [-0.4, -0.2) is 56.6 Å². The number of amides is 1. The van der Waals surface area contributed by atoms with Gasteiger partial charge in [-0.25, -0.2) is 8.42 Å². The van der Waals surface area contributed by atoms with Crippen LogP contribution in [0.1, 0.15) is 27.2 Å². The summed E-state index contributed by atoms with van der Waals surface area (Å²) in [4.78, 5) is 18.7. The van der Waals surface area contributed by atoms with Crippen LogP contribution in [0.5, 0.6) is 0 Å². The van der Waals surface area contributed by atoms with Crippen molar-refractivity contribution in [1.82, 2.24) is 14.5 Å². The first-order chi connectivity index (χ1) is 17.1. The Hall–Kier alpha value is -2.37. The number of hydrogen-bond acceptors (Lipinski definition) is 6. The Morgan fingerprint density at radius 2 is 1.78 bits per heavy atom. The highest BCUT2D eigenvalue weighted by molar-refractivity contribution is 9.10. The van der Waals surface area contributed by atoms with Crippen LogP contribution in [0, 0.1) is 0 Å². The number of sulfonamides is 1. The second-order valence-electron chi connectivity index (χ2n) is 8.28. The molecule has 0 saturated heterocycles. The molecule has 0 unspecified atom stereocenters. The van der Waals surface area contributed by atoms with Gasteiger partial charge in [-0.3, -0.25) is 9.79 Å². The summed E-state index contributed by atoms with van der Waals surface area (Å²) in [6, 6.07) is 12.3. The van der Waals surface area contributed by atoms with Gasteiger partial charge in [-0.15, -0.1) is 0 Å². The van der Waals surface area contributed by atoms with Gasteiger partial charge in [-0.2, -0.15) is 4.31 Å². The summed E-state index contributed by atoms with van der Waals surface area (Å²) in [6.45, 7) is 1.90. The maximum absolute atomic E-state index is 13.1. The molecule has 1 amide bonds. The molecule has 12 heteroatoms. The van der Waals surface area contributed by atoms with E-state index in [4.69, 9.17) is 27.6 Å². The molecule has 4 rings (SSSR count). The second kappa shape index (κ2) is 10.9. The molecule has 0 radical (unpaired) electrons. The Balaban J connectivity index is 1.41. The van der Waals surface area contributed by atoms with Crippen molar-refractivity contribution < 1.29 is 17.6 Å². The van der Waals surface area contributed by atoms with Gasteiger partial charge in [0.25, 0.3) is 5.91 Å². The van der Waals surface area contributed by atoms with Crippen LogP contribution in [0.25, 0.3) is 0 Å². The van der Waals surface area contributed by atoms with E-state index in [1.165, 1.54) is 31.5 Å². The van der Waals surface area contributed by atoms with E-state index in [-0.39, 0.29) is 27.4 Å². The molecule has 0 fully saturated rings. The largest absolute Gasteiger partial charge is 0.467 e. The molecule has 0 aliphatic carbocycles. The van der Waals surface area contributed by atoms with Crippen LogP contribution in [-0.2, 0) is 23.1 Å². The fourth-order valence-electron chi connectivity index (χ4n) is 3.74. The third-order valence-corrected chi connectivity index (χ3v) is 8.76. The topological polar surface area (TPSA) is 95.2 Å². The number of carbonyl (C=O) groups is 1. The highest BCUT2D eigenvalue weighted by Crippen LogP contribution is 2.34. The van der Waals surface area contributed by atoms with Crippen molar-refractivity contribution in [2.24, 2.45) is 4.99 Å². The van der Waals surface area contributed by atoms with Crippen LogP contribution in [0.4, 0.5) is 0 Å². The van der Waals surface area contributed by atoms with Gasteiger partial charge >= 0.3 is 0 Å². The third-order valence-electron chi connectivity index (χ3n) is 5.58. The number of furan rings is 1. The van der Waals surface area contributed by atoms with Crippen LogP contribution in [0.3, 0.4) is 0 Å². The van der Waals surface area contributed by atoms with Crippen molar-refractivity contribution in [2.75, 3.05) is 27.2 Å². The van der Waals surface area contributed by atoms with Crippen molar-refractivity contribution >= 4 is 60.9 Å². The molecule has 0 saturated carbocycles. The van der Waals surface area contributed by atoms with Gasteiger partial charge in [-0.05, 0) is 23.8 Å². The van der Waals surface area contributed by atoms with Crippen molar-refractivity contribution in [2.45, 2.75) is 18.0 Å². The van der Waals surface area contributed by atoms with Crippen LogP contribution in [0.15, 0.2) is 67.5 Å². The molecular weight excluding hydrogens is 591 g/mol. The summed E-state index contributed by atoms with van der Waals surface area (Å²) >= 11 is 15.5. The second-order valence-corrected chi connectivity index (χ2v) is 12.0. The molecule has 36 heavy (non-hydrogen) atoms. The zero-order chi connectivity index (χ0) is 26.0. The van der Waals surface area contributed by atoms with Crippen molar-refractivity contribution in [3.8, 4) is 0 Å². The number of hydrogen-bond donors (Lipinski definition) is 1. The first-order valence-electron chi connectivity index (χ1n) is 10.9. The molecule has 2 aromatic carbocycles. The van der Waals surface area contributed by atoms with E-state index in [1.807, 2.05) is 24.3 Å².